The van der Waals surface area contributed by atoms with Crippen LogP contribution in [0.2, 0.25) is 0 Å². The third-order valence-electron chi connectivity index (χ3n) is 2.37. The molecular weight excluding hydrogens is 280 g/mol. The topological polar surface area (TPSA) is 140 Å². The Hall–Kier alpha value is -2.98. The van der Waals surface area contributed by atoms with Gasteiger partial charge in [0.25, 0.3) is 0 Å². The molecule has 0 fully saturated rings. The summed E-state index contributed by atoms with van der Waals surface area (Å²) in [4.78, 5) is 26.0. The molecule has 0 aliphatic rings. The van der Waals surface area contributed by atoms with Crippen molar-refractivity contribution in [1.82, 2.24) is 40.4 Å². The van der Waals surface area contributed by atoms with E-state index in [0.29, 0.717) is 11.5 Å². The number of nitrogens with zero attached hydrogens (tertiary/aromatic N) is 6. The first kappa shape index (κ1) is 14.4. The third kappa shape index (κ3) is 4.56. The van der Waals surface area contributed by atoms with E-state index < -0.39 is 12.0 Å². The molecule has 11 heteroatoms. The molecule has 0 aliphatic carbocycles. The van der Waals surface area contributed by atoms with E-state index in [4.69, 9.17) is 5.11 Å². The van der Waals surface area contributed by atoms with Crippen molar-refractivity contribution in [2.75, 3.05) is 0 Å². The van der Waals surface area contributed by atoms with Crippen LogP contribution in [-0.2, 0) is 31.5 Å². The molecule has 0 bridgehead atoms. The summed E-state index contributed by atoms with van der Waals surface area (Å²) in [6, 6.07) is -0.407. The van der Waals surface area contributed by atoms with Crippen LogP contribution in [0.3, 0.4) is 0 Å². The number of hydrogen-bond acceptors (Lipinski definition) is 6. The maximum atomic E-state index is 11.5. The Bertz CT molecular complexity index is 634. The first-order chi connectivity index (χ1) is 10.0. The fourth-order valence-corrected chi connectivity index (χ4v) is 1.49. The average Bonchev–Trinajstić information content (AvgIpc) is 3.02. The van der Waals surface area contributed by atoms with E-state index in [1.807, 2.05) is 0 Å². The summed E-state index contributed by atoms with van der Waals surface area (Å²) >= 11 is 0. The molecule has 11 nitrogen and oxygen atoms in total. The highest BCUT2D eigenvalue weighted by Gasteiger charge is 2.07. The lowest BCUT2D eigenvalue weighted by Crippen LogP contribution is -2.34. The fourth-order valence-electron chi connectivity index (χ4n) is 1.49. The van der Waals surface area contributed by atoms with Gasteiger partial charge in [0.15, 0.2) is 5.82 Å². The highest BCUT2D eigenvalue weighted by atomic mass is 16.4. The van der Waals surface area contributed by atoms with Crippen LogP contribution in [-0.4, -0.2) is 46.9 Å². The van der Waals surface area contributed by atoms with Crippen LogP contribution in [0.5, 0.6) is 0 Å². The van der Waals surface area contributed by atoms with Gasteiger partial charge < -0.3 is 15.7 Å². The molecule has 0 unspecified atom stereocenters. The Morgan fingerprint density at radius 3 is 2.76 bits per heavy atom. The summed E-state index contributed by atoms with van der Waals surface area (Å²) in [5.41, 5.74) is 0.461. The van der Waals surface area contributed by atoms with Crippen LogP contribution in [0.4, 0.5) is 4.79 Å². The van der Waals surface area contributed by atoms with Gasteiger partial charge in [-0.05, 0) is 0 Å². The molecule has 0 saturated carbocycles. The minimum absolute atomic E-state index is 0.140. The Morgan fingerprint density at radius 1 is 1.33 bits per heavy atom. The summed E-state index contributed by atoms with van der Waals surface area (Å²) in [7, 11) is 1.73. The second-order valence-electron chi connectivity index (χ2n) is 4.17. The zero-order chi connectivity index (χ0) is 15.2. The summed E-state index contributed by atoms with van der Waals surface area (Å²) in [5, 5.41) is 25.1. The molecule has 0 radical (unpaired) electrons. The van der Waals surface area contributed by atoms with E-state index in [2.05, 4.69) is 31.0 Å². The van der Waals surface area contributed by atoms with E-state index in [0.717, 1.165) is 0 Å². The molecule has 3 N–H and O–H groups in total. The maximum absolute atomic E-state index is 11.5. The van der Waals surface area contributed by atoms with Crippen molar-refractivity contribution in [1.29, 1.82) is 0 Å². The number of urea groups is 1. The van der Waals surface area contributed by atoms with E-state index in [9.17, 15) is 9.59 Å². The number of aromatic nitrogens is 6. The second kappa shape index (κ2) is 6.45. The zero-order valence-electron chi connectivity index (χ0n) is 11.2. The summed E-state index contributed by atoms with van der Waals surface area (Å²) in [6.45, 7) is 0.0734. The van der Waals surface area contributed by atoms with Crippen molar-refractivity contribution in [2.24, 2.45) is 7.05 Å². The third-order valence-corrected chi connectivity index (χ3v) is 2.37. The van der Waals surface area contributed by atoms with Gasteiger partial charge in [-0.1, -0.05) is 5.21 Å². The van der Waals surface area contributed by atoms with Gasteiger partial charge in [-0.3, -0.25) is 9.48 Å². The average molecular weight is 294 g/mol. The number of carboxylic acids is 1. The summed E-state index contributed by atoms with van der Waals surface area (Å²) < 4.78 is 2.71. The minimum Gasteiger partial charge on any atom is -0.480 e. The van der Waals surface area contributed by atoms with Gasteiger partial charge in [-0.15, -0.1) is 5.10 Å². The van der Waals surface area contributed by atoms with Crippen LogP contribution in [0.15, 0.2) is 12.5 Å². The molecule has 2 aromatic heterocycles. The van der Waals surface area contributed by atoms with Gasteiger partial charge in [0, 0.05) is 7.05 Å². The minimum atomic E-state index is -1.01. The van der Waals surface area contributed by atoms with Crippen molar-refractivity contribution in [3.05, 3.63) is 24.0 Å². The molecular formula is C10H14N8O3. The van der Waals surface area contributed by atoms with E-state index in [1.165, 1.54) is 21.9 Å². The van der Waals surface area contributed by atoms with Crippen molar-refractivity contribution >= 4 is 12.0 Å². The predicted octanol–water partition coefficient (Wildman–Crippen LogP) is -1.51. The highest BCUT2D eigenvalue weighted by molar-refractivity contribution is 5.73. The molecule has 0 aromatic carbocycles. The Kier molecular flexibility index (Phi) is 4.43. The van der Waals surface area contributed by atoms with Crippen LogP contribution in [0.1, 0.15) is 11.5 Å². The molecule has 0 atom stereocenters. The van der Waals surface area contributed by atoms with Crippen LogP contribution >= 0.6 is 0 Å². The van der Waals surface area contributed by atoms with Gasteiger partial charge in [0.05, 0.1) is 19.3 Å². The number of amides is 2. The standard InChI is InChI=1S/C10H14N8O3/c1-17-6-13-8(15-17)3-12-10(21)11-2-7-4-18(16-14-7)5-9(19)20/h4,6H,2-3,5H2,1H3,(H,19,20)(H2,11,12,21). The Labute approximate surface area is 119 Å². The van der Waals surface area contributed by atoms with E-state index in [-0.39, 0.29) is 19.6 Å². The predicted molar refractivity (Wildman–Crippen MR) is 67.7 cm³/mol. The number of hydrogen-bond donors (Lipinski definition) is 3. The van der Waals surface area contributed by atoms with Crippen LogP contribution < -0.4 is 10.6 Å². The van der Waals surface area contributed by atoms with Crippen molar-refractivity contribution in [3.8, 4) is 0 Å². The van der Waals surface area contributed by atoms with Gasteiger partial charge in [-0.25, -0.2) is 14.5 Å². The van der Waals surface area contributed by atoms with Crippen molar-refractivity contribution in [2.45, 2.75) is 19.6 Å². The number of aryl methyl sites for hydroxylation is 1. The van der Waals surface area contributed by atoms with E-state index >= 15 is 0 Å². The van der Waals surface area contributed by atoms with Crippen molar-refractivity contribution < 1.29 is 14.7 Å². The fraction of sp³-hybridized carbons (Fsp3) is 0.400. The quantitative estimate of drug-likeness (QED) is 0.588. The zero-order valence-corrected chi connectivity index (χ0v) is 11.2. The Balaban J connectivity index is 1.73. The smallest absolute Gasteiger partial charge is 0.325 e. The van der Waals surface area contributed by atoms with Gasteiger partial charge in [-0.2, -0.15) is 5.10 Å². The molecule has 0 saturated heterocycles. The first-order valence-electron chi connectivity index (χ1n) is 6.00. The maximum Gasteiger partial charge on any atom is 0.325 e. The largest absolute Gasteiger partial charge is 0.480 e. The molecule has 2 rings (SSSR count). The molecule has 2 aromatic rings. The number of nitrogens with one attached hydrogen (secondary N) is 2. The number of rotatable bonds is 6. The lowest BCUT2D eigenvalue weighted by atomic mass is 10.4. The Morgan fingerprint density at radius 2 is 2.10 bits per heavy atom. The van der Waals surface area contributed by atoms with E-state index in [1.54, 1.807) is 7.05 Å². The summed E-state index contributed by atoms with van der Waals surface area (Å²) in [6.07, 6.45) is 2.99. The number of aliphatic carboxylic acids is 1. The number of carboxylic acid groups (broad SMARTS) is 1. The second-order valence-corrected chi connectivity index (χ2v) is 4.17. The lowest BCUT2D eigenvalue weighted by Gasteiger charge is -2.03. The van der Waals surface area contributed by atoms with Crippen molar-refractivity contribution in [3.63, 3.8) is 0 Å². The van der Waals surface area contributed by atoms with Gasteiger partial charge in [0.1, 0.15) is 18.6 Å². The van der Waals surface area contributed by atoms with Gasteiger partial charge >= 0.3 is 12.0 Å². The normalized spacial score (nSPS) is 10.3. The summed E-state index contributed by atoms with van der Waals surface area (Å²) in [5.74, 6) is -0.514. The first-order valence-corrected chi connectivity index (χ1v) is 6.00. The number of carbonyl (C=O) groups excluding carboxylic acids is 1. The lowest BCUT2D eigenvalue weighted by molar-refractivity contribution is -0.137. The van der Waals surface area contributed by atoms with Crippen LogP contribution in [0, 0.1) is 0 Å². The SMILES string of the molecule is Cn1cnc(CNC(=O)NCc2cn(CC(=O)O)nn2)n1. The molecule has 0 spiro atoms. The van der Waals surface area contributed by atoms with Gasteiger partial charge in [0.2, 0.25) is 0 Å². The van der Waals surface area contributed by atoms with Crippen LogP contribution in [0.25, 0.3) is 0 Å². The molecule has 2 amide bonds. The highest BCUT2D eigenvalue weighted by Crippen LogP contribution is 1.93. The molecule has 21 heavy (non-hydrogen) atoms. The molecule has 0 aliphatic heterocycles. The number of carbonyl (C=O) groups is 2. The monoisotopic (exact) mass is 294 g/mol. The molecule has 112 valence electrons. The molecule has 2 heterocycles.